The van der Waals surface area contributed by atoms with Gasteiger partial charge in [0.1, 0.15) is 5.75 Å². The van der Waals surface area contributed by atoms with Crippen molar-refractivity contribution in [2.45, 2.75) is 24.8 Å². The number of likely N-dealkylation sites (tertiary alicyclic amines) is 1. The first-order valence-corrected chi connectivity index (χ1v) is 7.96. The molecule has 0 radical (unpaired) electrons. The monoisotopic (exact) mass is 280 g/mol. The van der Waals surface area contributed by atoms with Crippen LogP contribution in [0, 0.1) is 5.41 Å². The largest absolute Gasteiger partial charge is 0.496 e. The molecule has 0 spiro atoms. The highest BCUT2D eigenvalue weighted by atomic mass is 32.2. The predicted molar refractivity (Wildman–Crippen MR) is 81.8 cm³/mol. The summed E-state index contributed by atoms with van der Waals surface area (Å²) in [7, 11) is 1.74. The van der Waals surface area contributed by atoms with Crippen LogP contribution in [0.5, 0.6) is 5.75 Å². The fraction of sp³-hybridized carbons (Fsp3) is 0.600. The highest BCUT2D eigenvalue weighted by molar-refractivity contribution is 7.98. The van der Waals surface area contributed by atoms with E-state index < -0.39 is 0 Å². The van der Waals surface area contributed by atoms with Crippen LogP contribution < -0.4 is 10.5 Å². The van der Waals surface area contributed by atoms with E-state index in [-0.39, 0.29) is 0 Å². The summed E-state index contributed by atoms with van der Waals surface area (Å²) in [5.74, 6) is 0.978. The molecule has 1 fully saturated rings. The second-order valence-corrected chi connectivity index (χ2v) is 6.51. The zero-order valence-corrected chi connectivity index (χ0v) is 12.9. The van der Waals surface area contributed by atoms with Crippen molar-refractivity contribution in [3.63, 3.8) is 0 Å². The van der Waals surface area contributed by atoms with Crippen molar-refractivity contribution in [3.05, 3.63) is 23.8 Å². The van der Waals surface area contributed by atoms with Gasteiger partial charge in [0.25, 0.3) is 0 Å². The van der Waals surface area contributed by atoms with E-state index in [1.807, 2.05) is 0 Å². The molecule has 1 aliphatic heterocycles. The van der Waals surface area contributed by atoms with Crippen molar-refractivity contribution in [1.29, 1.82) is 0 Å². The van der Waals surface area contributed by atoms with Crippen molar-refractivity contribution in [1.82, 2.24) is 4.90 Å². The molecule has 1 saturated heterocycles. The smallest absolute Gasteiger partial charge is 0.132 e. The standard InChI is InChI=1S/C15H24N2OS/c1-15(10-16)6-7-17(11-15)9-12-4-5-14(19-3)13(8-12)18-2/h4-5,8H,6-7,9-11,16H2,1-3H3. The number of ether oxygens (including phenoxy) is 1. The van der Waals surface area contributed by atoms with E-state index in [0.717, 1.165) is 31.9 Å². The SMILES string of the molecule is COc1cc(CN2CCC(C)(CN)C2)ccc1SC. The van der Waals surface area contributed by atoms with Gasteiger partial charge in [0.05, 0.1) is 7.11 Å². The van der Waals surface area contributed by atoms with Crippen molar-refractivity contribution < 1.29 is 4.74 Å². The Kier molecular flexibility index (Phi) is 4.76. The van der Waals surface area contributed by atoms with Crippen LogP contribution in [0.2, 0.25) is 0 Å². The van der Waals surface area contributed by atoms with E-state index in [1.54, 1.807) is 18.9 Å². The number of benzene rings is 1. The minimum Gasteiger partial charge on any atom is -0.496 e. The van der Waals surface area contributed by atoms with E-state index in [0.29, 0.717) is 5.41 Å². The van der Waals surface area contributed by atoms with Crippen molar-refractivity contribution in [2.75, 3.05) is 33.0 Å². The zero-order valence-electron chi connectivity index (χ0n) is 12.1. The molecule has 0 bridgehead atoms. The summed E-state index contributed by atoms with van der Waals surface area (Å²) in [6.45, 7) is 6.28. The molecular weight excluding hydrogens is 256 g/mol. The van der Waals surface area contributed by atoms with Crippen LogP contribution in [0.4, 0.5) is 0 Å². The van der Waals surface area contributed by atoms with Gasteiger partial charge in [-0.25, -0.2) is 0 Å². The molecule has 19 heavy (non-hydrogen) atoms. The van der Waals surface area contributed by atoms with Gasteiger partial charge in [-0.05, 0) is 48.9 Å². The summed E-state index contributed by atoms with van der Waals surface area (Å²) in [5.41, 5.74) is 7.47. The van der Waals surface area contributed by atoms with Gasteiger partial charge < -0.3 is 10.5 Å². The number of nitrogens with two attached hydrogens (primary N) is 1. The number of hydrogen-bond acceptors (Lipinski definition) is 4. The maximum atomic E-state index is 5.86. The molecule has 1 aliphatic rings. The molecule has 106 valence electrons. The van der Waals surface area contributed by atoms with Crippen LogP contribution >= 0.6 is 11.8 Å². The van der Waals surface area contributed by atoms with Crippen molar-refractivity contribution >= 4 is 11.8 Å². The number of rotatable bonds is 5. The van der Waals surface area contributed by atoms with E-state index >= 15 is 0 Å². The Hall–Kier alpha value is -0.710. The average Bonchev–Trinajstić information content (AvgIpc) is 2.81. The molecule has 2 N–H and O–H groups in total. The van der Waals surface area contributed by atoms with Gasteiger partial charge in [-0.15, -0.1) is 11.8 Å². The number of hydrogen-bond donors (Lipinski definition) is 1. The lowest BCUT2D eigenvalue weighted by molar-refractivity contribution is 0.274. The third-order valence-corrected chi connectivity index (χ3v) is 4.76. The van der Waals surface area contributed by atoms with Crippen LogP contribution in [0.1, 0.15) is 18.9 Å². The van der Waals surface area contributed by atoms with Crippen LogP contribution in [-0.4, -0.2) is 37.9 Å². The van der Waals surface area contributed by atoms with Crippen molar-refractivity contribution in [3.8, 4) is 5.75 Å². The van der Waals surface area contributed by atoms with E-state index in [2.05, 4.69) is 36.3 Å². The Morgan fingerprint density at radius 2 is 2.26 bits per heavy atom. The number of nitrogens with zero attached hydrogens (tertiary/aromatic N) is 1. The normalized spacial score (nSPS) is 23.8. The Labute approximate surface area is 120 Å². The minimum absolute atomic E-state index is 0.295. The highest BCUT2D eigenvalue weighted by Gasteiger charge is 2.32. The number of thioether (sulfide) groups is 1. The van der Waals surface area contributed by atoms with Crippen LogP contribution in [-0.2, 0) is 6.54 Å². The second-order valence-electron chi connectivity index (χ2n) is 5.66. The summed E-state index contributed by atoms with van der Waals surface area (Å²) in [6, 6.07) is 6.51. The summed E-state index contributed by atoms with van der Waals surface area (Å²) >= 11 is 1.72. The van der Waals surface area contributed by atoms with Crippen LogP contribution in [0.25, 0.3) is 0 Å². The van der Waals surface area contributed by atoms with Gasteiger partial charge in [-0.1, -0.05) is 13.0 Å². The summed E-state index contributed by atoms with van der Waals surface area (Å²) in [6.07, 6.45) is 3.27. The summed E-state index contributed by atoms with van der Waals surface area (Å²) in [4.78, 5) is 3.68. The average molecular weight is 280 g/mol. The Bertz CT molecular complexity index is 438. The molecule has 1 heterocycles. The lowest BCUT2D eigenvalue weighted by Crippen LogP contribution is -2.31. The highest BCUT2D eigenvalue weighted by Crippen LogP contribution is 2.32. The molecule has 2 rings (SSSR count). The molecule has 1 atom stereocenters. The van der Waals surface area contributed by atoms with Crippen LogP contribution in [0.3, 0.4) is 0 Å². The zero-order chi connectivity index (χ0) is 13.9. The lowest BCUT2D eigenvalue weighted by Gasteiger charge is -2.22. The molecule has 0 aliphatic carbocycles. The molecule has 4 heteroatoms. The summed E-state index contributed by atoms with van der Waals surface area (Å²) < 4.78 is 5.44. The minimum atomic E-state index is 0.295. The third kappa shape index (κ3) is 3.44. The molecule has 0 aromatic heterocycles. The fourth-order valence-corrected chi connectivity index (χ4v) is 3.21. The Morgan fingerprint density at radius 3 is 2.84 bits per heavy atom. The molecule has 0 amide bonds. The first-order valence-electron chi connectivity index (χ1n) is 6.73. The first-order chi connectivity index (χ1) is 9.10. The van der Waals surface area contributed by atoms with E-state index in [4.69, 9.17) is 10.5 Å². The molecule has 1 unspecified atom stereocenters. The van der Waals surface area contributed by atoms with Gasteiger partial charge in [-0.3, -0.25) is 4.90 Å². The maximum absolute atomic E-state index is 5.86. The fourth-order valence-electron chi connectivity index (χ4n) is 2.66. The molecule has 1 aromatic rings. The first kappa shape index (κ1) is 14.7. The van der Waals surface area contributed by atoms with Crippen molar-refractivity contribution in [2.24, 2.45) is 11.1 Å². The molecule has 1 aromatic carbocycles. The third-order valence-electron chi connectivity index (χ3n) is 3.98. The second kappa shape index (κ2) is 6.16. The van der Waals surface area contributed by atoms with Gasteiger partial charge in [0, 0.05) is 18.0 Å². The van der Waals surface area contributed by atoms with E-state index in [1.165, 1.54) is 16.9 Å². The predicted octanol–water partition coefficient (Wildman–Crippen LogP) is 2.59. The lowest BCUT2D eigenvalue weighted by atomic mass is 9.90. The van der Waals surface area contributed by atoms with Gasteiger partial charge in [-0.2, -0.15) is 0 Å². The quantitative estimate of drug-likeness (QED) is 0.841. The molecular formula is C15H24N2OS. The maximum Gasteiger partial charge on any atom is 0.132 e. The Balaban J connectivity index is 2.04. The Morgan fingerprint density at radius 1 is 1.47 bits per heavy atom. The van der Waals surface area contributed by atoms with Gasteiger partial charge >= 0.3 is 0 Å². The number of methoxy groups -OCH3 is 1. The van der Waals surface area contributed by atoms with Gasteiger partial charge in [0.2, 0.25) is 0 Å². The molecule has 3 nitrogen and oxygen atoms in total. The van der Waals surface area contributed by atoms with Gasteiger partial charge in [0.15, 0.2) is 0 Å². The summed E-state index contributed by atoms with van der Waals surface area (Å²) in [5, 5.41) is 0. The van der Waals surface area contributed by atoms with Crippen LogP contribution in [0.15, 0.2) is 23.1 Å². The van der Waals surface area contributed by atoms with E-state index in [9.17, 15) is 0 Å². The molecule has 0 saturated carbocycles. The topological polar surface area (TPSA) is 38.5 Å².